The summed E-state index contributed by atoms with van der Waals surface area (Å²) in [5, 5.41) is 15.4. The first-order valence-corrected chi connectivity index (χ1v) is 7.53. The molecule has 7 heteroatoms. The van der Waals surface area contributed by atoms with Crippen LogP contribution in [0.25, 0.3) is 0 Å². The van der Waals surface area contributed by atoms with Gasteiger partial charge >= 0.3 is 0 Å². The molecule has 1 aliphatic heterocycles. The van der Waals surface area contributed by atoms with Crippen LogP contribution in [0, 0.1) is 11.7 Å². The highest BCUT2D eigenvalue weighted by Gasteiger charge is 2.25. The van der Waals surface area contributed by atoms with Gasteiger partial charge in [0.25, 0.3) is 0 Å². The summed E-state index contributed by atoms with van der Waals surface area (Å²) in [5.74, 6) is -1.10. The Hall–Kier alpha value is -1.99. The molecule has 2 rings (SSSR count). The summed E-state index contributed by atoms with van der Waals surface area (Å²) >= 11 is 0. The molecule has 126 valence electrons. The van der Waals surface area contributed by atoms with Gasteiger partial charge in [0.1, 0.15) is 0 Å². The van der Waals surface area contributed by atoms with Gasteiger partial charge in [0.05, 0.1) is 13.2 Å². The van der Waals surface area contributed by atoms with Crippen LogP contribution in [0.2, 0.25) is 0 Å². The van der Waals surface area contributed by atoms with E-state index in [1.165, 1.54) is 19.2 Å². The number of aliphatic hydroxyl groups is 1. The predicted octanol–water partition coefficient (Wildman–Crippen LogP) is 0.494. The number of methoxy groups -OCH3 is 1. The number of carbonyl (C=O) groups is 2. The van der Waals surface area contributed by atoms with Crippen LogP contribution in [0.3, 0.4) is 0 Å². The number of halogens is 1. The third-order valence-corrected chi connectivity index (χ3v) is 3.92. The minimum Gasteiger partial charge on any atom is -0.494 e. The second kappa shape index (κ2) is 8.03. The van der Waals surface area contributed by atoms with E-state index in [2.05, 4.69) is 10.6 Å². The number of Topliss-reactive ketones (excluding diaryl/α,β-unsaturated/α-hetero) is 1. The van der Waals surface area contributed by atoms with Crippen LogP contribution in [0.5, 0.6) is 5.75 Å². The zero-order chi connectivity index (χ0) is 16.8. The maximum atomic E-state index is 13.6. The lowest BCUT2D eigenvalue weighted by Gasteiger charge is -2.13. The number of β-amino-alcohol motifs (C(OH)–C–C–N with tert-alkyl or cyclic N) is 1. The van der Waals surface area contributed by atoms with Crippen molar-refractivity contribution in [2.45, 2.75) is 18.9 Å². The van der Waals surface area contributed by atoms with Crippen molar-refractivity contribution in [3.63, 3.8) is 0 Å². The monoisotopic (exact) mass is 324 g/mol. The number of amides is 1. The van der Waals surface area contributed by atoms with Crippen LogP contribution in [0.4, 0.5) is 4.39 Å². The molecule has 1 saturated heterocycles. The summed E-state index contributed by atoms with van der Waals surface area (Å²) in [6, 6.07) is 3.97. The van der Waals surface area contributed by atoms with Gasteiger partial charge in [-0.25, -0.2) is 4.39 Å². The molecule has 0 aromatic heterocycles. The maximum Gasteiger partial charge on any atom is 0.220 e. The van der Waals surface area contributed by atoms with Crippen LogP contribution in [-0.4, -0.2) is 49.6 Å². The Morgan fingerprint density at radius 1 is 1.39 bits per heavy atom. The van der Waals surface area contributed by atoms with Gasteiger partial charge in [0, 0.05) is 44.0 Å². The number of benzene rings is 1. The standard InChI is InChI=1S/C16H21FN2O4/c1-23-15-4-2-10(6-12(15)17)13(20)3-5-16(22)19-8-11-7-18-9-14(11)21/h2,4,6,11,14,18,21H,3,5,7-9H2,1H3,(H,19,22). The SMILES string of the molecule is COc1ccc(C(=O)CCC(=O)NCC2CNCC2O)cc1F. The van der Waals surface area contributed by atoms with Gasteiger partial charge in [-0.3, -0.25) is 9.59 Å². The maximum absolute atomic E-state index is 13.6. The highest BCUT2D eigenvalue weighted by molar-refractivity contribution is 5.98. The van der Waals surface area contributed by atoms with E-state index in [9.17, 15) is 19.1 Å². The molecule has 0 aliphatic carbocycles. The number of rotatable bonds is 7. The van der Waals surface area contributed by atoms with Crippen LogP contribution >= 0.6 is 0 Å². The smallest absolute Gasteiger partial charge is 0.220 e. The summed E-state index contributed by atoms with van der Waals surface area (Å²) in [4.78, 5) is 23.7. The number of hydrogen-bond acceptors (Lipinski definition) is 5. The Morgan fingerprint density at radius 2 is 2.17 bits per heavy atom. The Balaban J connectivity index is 1.77. The summed E-state index contributed by atoms with van der Waals surface area (Å²) in [5.41, 5.74) is 0.214. The molecule has 1 aromatic rings. The Kier molecular flexibility index (Phi) is 6.06. The van der Waals surface area contributed by atoms with E-state index in [4.69, 9.17) is 4.74 Å². The topological polar surface area (TPSA) is 87.7 Å². The second-order valence-electron chi connectivity index (χ2n) is 5.56. The average Bonchev–Trinajstić information content (AvgIpc) is 2.95. The first-order chi connectivity index (χ1) is 11.0. The molecule has 0 saturated carbocycles. The Labute approximate surface area is 134 Å². The largest absolute Gasteiger partial charge is 0.494 e. The van der Waals surface area contributed by atoms with E-state index in [0.29, 0.717) is 19.6 Å². The number of ketones is 1. The summed E-state index contributed by atoms with van der Waals surface area (Å²) in [7, 11) is 1.35. The van der Waals surface area contributed by atoms with Gasteiger partial charge in [-0.2, -0.15) is 0 Å². The highest BCUT2D eigenvalue weighted by Crippen LogP contribution is 2.18. The van der Waals surface area contributed by atoms with Crippen molar-refractivity contribution in [3.05, 3.63) is 29.6 Å². The molecule has 2 unspecified atom stereocenters. The van der Waals surface area contributed by atoms with Crippen LogP contribution in [0.15, 0.2) is 18.2 Å². The van der Waals surface area contributed by atoms with E-state index in [1.807, 2.05) is 0 Å². The fourth-order valence-corrected chi connectivity index (χ4v) is 2.47. The third kappa shape index (κ3) is 4.74. The summed E-state index contributed by atoms with van der Waals surface area (Å²) in [6.45, 7) is 1.56. The zero-order valence-corrected chi connectivity index (χ0v) is 13.0. The first-order valence-electron chi connectivity index (χ1n) is 7.53. The molecule has 1 amide bonds. The number of nitrogens with one attached hydrogen (secondary N) is 2. The predicted molar refractivity (Wildman–Crippen MR) is 81.9 cm³/mol. The van der Waals surface area contributed by atoms with Crippen LogP contribution in [-0.2, 0) is 4.79 Å². The highest BCUT2D eigenvalue weighted by atomic mass is 19.1. The molecule has 3 N–H and O–H groups in total. The van der Waals surface area contributed by atoms with Crippen molar-refractivity contribution >= 4 is 11.7 Å². The zero-order valence-electron chi connectivity index (χ0n) is 13.0. The van der Waals surface area contributed by atoms with Gasteiger partial charge in [0.2, 0.25) is 5.91 Å². The molecule has 1 fully saturated rings. The molecule has 1 aliphatic rings. The fourth-order valence-electron chi connectivity index (χ4n) is 2.47. The van der Waals surface area contributed by atoms with Gasteiger partial charge < -0.3 is 20.5 Å². The van der Waals surface area contributed by atoms with E-state index in [1.54, 1.807) is 0 Å². The van der Waals surface area contributed by atoms with E-state index in [0.717, 1.165) is 6.07 Å². The lowest BCUT2D eigenvalue weighted by atomic mass is 10.0. The Bertz CT molecular complexity index is 579. The van der Waals surface area contributed by atoms with Crippen molar-refractivity contribution in [2.75, 3.05) is 26.7 Å². The lowest BCUT2D eigenvalue weighted by molar-refractivity contribution is -0.121. The van der Waals surface area contributed by atoms with Crippen LogP contribution < -0.4 is 15.4 Å². The fraction of sp³-hybridized carbons (Fsp3) is 0.500. The van der Waals surface area contributed by atoms with Gasteiger partial charge in [0.15, 0.2) is 17.3 Å². The quantitative estimate of drug-likeness (QED) is 0.636. The van der Waals surface area contributed by atoms with Crippen molar-refractivity contribution in [3.8, 4) is 5.75 Å². The molecular weight excluding hydrogens is 303 g/mol. The number of hydrogen-bond donors (Lipinski definition) is 3. The van der Waals surface area contributed by atoms with Crippen molar-refractivity contribution < 1.29 is 23.8 Å². The molecule has 0 radical (unpaired) electrons. The summed E-state index contributed by atoms with van der Waals surface area (Å²) < 4.78 is 18.3. The molecule has 6 nitrogen and oxygen atoms in total. The van der Waals surface area contributed by atoms with Crippen LogP contribution in [0.1, 0.15) is 23.2 Å². The molecule has 0 bridgehead atoms. The average molecular weight is 324 g/mol. The molecule has 23 heavy (non-hydrogen) atoms. The van der Waals surface area contributed by atoms with Gasteiger partial charge in [-0.1, -0.05) is 0 Å². The van der Waals surface area contributed by atoms with E-state index >= 15 is 0 Å². The molecule has 1 heterocycles. The van der Waals surface area contributed by atoms with E-state index in [-0.39, 0.29) is 41.8 Å². The van der Waals surface area contributed by atoms with E-state index < -0.39 is 11.9 Å². The molecule has 0 spiro atoms. The molecule has 2 atom stereocenters. The normalized spacial score (nSPS) is 20.3. The molecule has 1 aromatic carbocycles. The third-order valence-electron chi connectivity index (χ3n) is 3.92. The molecular formula is C16H21FN2O4. The minimum atomic E-state index is -0.606. The van der Waals surface area contributed by atoms with Gasteiger partial charge in [-0.05, 0) is 18.2 Å². The lowest BCUT2D eigenvalue weighted by Crippen LogP contribution is -2.34. The minimum absolute atomic E-state index is 0.00305. The van der Waals surface area contributed by atoms with Crippen molar-refractivity contribution in [1.82, 2.24) is 10.6 Å². The number of aliphatic hydroxyl groups excluding tert-OH is 1. The first kappa shape index (κ1) is 17.4. The van der Waals surface area contributed by atoms with Crippen molar-refractivity contribution in [2.24, 2.45) is 5.92 Å². The van der Waals surface area contributed by atoms with Crippen molar-refractivity contribution in [1.29, 1.82) is 0 Å². The van der Waals surface area contributed by atoms with Gasteiger partial charge in [-0.15, -0.1) is 0 Å². The second-order valence-corrected chi connectivity index (χ2v) is 5.56. The summed E-state index contributed by atoms with van der Waals surface area (Å²) in [6.07, 6.45) is -0.426. The number of ether oxygens (including phenoxy) is 1. The number of carbonyl (C=O) groups excluding carboxylic acids is 2. The Morgan fingerprint density at radius 3 is 2.78 bits per heavy atom.